The molecule has 0 saturated heterocycles. The van der Waals surface area contributed by atoms with E-state index in [9.17, 15) is 0 Å². The zero-order chi connectivity index (χ0) is 14.1. The molecule has 3 aromatic rings. The smallest absolute Gasteiger partial charge is 0.200 e. The SMILES string of the molecule is c1ccc2c(c1)OCCC2CNc1ccc2nnnn2n1. The molecule has 1 unspecified atom stereocenters. The topological polar surface area (TPSA) is 77.2 Å². The van der Waals surface area contributed by atoms with Gasteiger partial charge in [-0.1, -0.05) is 18.2 Å². The number of rotatable bonds is 3. The number of hydrogen-bond acceptors (Lipinski definition) is 6. The Hall–Kier alpha value is -2.70. The summed E-state index contributed by atoms with van der Waals surface area (Å²) in [5.74, 6) is 2.17. The summed E-state index contributed by atoms with van der Waals surface area (Å²) in [5.41, 5.74) is 1.89. The van der Waals surface area contributed by atoms with Gasteiger partial charge < -0.3 is 10.1 Å². The van der Waals surface area contributed by atoms with Crippen molar-refractivity contribution in [3.8, 4) is 5.75 Å². The maximum atomic E-state index is 5.68. The molecule has 0 radical (unpaired) electrons. The minimum Gasteiger partial charge on any atom is -0.493 e. The fraction of sp³-hybridized carbons (Fsp3) is 0.286. The van der Waals surface area contributed by atoms with Crippen LogP contribution in [0.25, 0.3) is 5.65 Å². The second kappa shape index (κ2) is 5.01. The first-order valence-electron chi connectivity index (χ1n) is 6.91. The summed E-state index contributed by atoms with van der Waals surface area (Å²) in [5, 5.41) is 18.9. The van der Waals surface area contributed by atoms with Gasteiger partial charge in [-0.25, -0.2) is 0 Å². The quantitative estimate of drug-likeness (QED) is 0.784. The van der Waals surface area contributed by atoms with Crippen molar-refractivity contribution in [1.29, 1.82) is 0 Å². The molecule has 0 aliphatic carbocycles. The molecule has 1 aliphatic rings. The highest BCUT2D eigenvalue weighted by Crippen LogP contribution is 2.33. The highest BCUT2D eigenvalue weighted by molar-refractivity contribution is 5.43. The van der Waals surface area contributed by atoms with Crippen LogP contribution in [-0.4, -0.2) is 38.4 Å². The molecular weight excluding hydrogens is 268 g/mol. The van der Waals surface area contributed by atoms with Gasteiger partial charge >= 0.3 is 0 Å². The lowest BCUT2D eigenvalue weighted by molar-refractivity contribution is 0.270. The summed E-state index contributed by atoms with van der Waals surface area (Å²) in [6.07, 6.45) is 0.997. The molecule has 7 nitrogen and oxygen atoms in total. The molecule has 0 amide bonds. The zero-order valence-corrected chi connectivity index (χ0v) is 11.3. The predicted molar refractivity (Wildman–Crippen MR) is 76.4 cm³/mol. The Morgan fingerprint density at radius 2 is 2.19 bits per heavy atom. The number of benzene rings is 1. The molecule has 1 aromatic carbocycles. The molecule has 106 valence electrons. The molecule has 21 heavy (non-hydrogen) atoms. The van der Waals surface area contributed by atoms with Crippen molar-refractivity contribution in [2.45, 2.75) is 12.3 Å². The Balaban J connectivity index is 1.52. The number of para-hydroxylation sites is 1. The average molecular weight is 282 g/mol. The van der Waals surface area contributed by atoms with E-state index in [2.05, 4.69) is 32.0 Å². The number of tetrazole rings is 1. The number of fused-ring (bicyclic) bond motifs is 2. The highest BCUT2D eigenvalue weighted by Gasteiger charge is 2.20. The summed E-state index contributed by atoms with van der Waals surface area (Å²) in [4.78, 5) is 0. The molecule has 0 bridgehead atoms. The van der Waals surface area contributed by atoms with Crippen LogP contribution in [0.2, 0.25) is 0 Å². The van der Waals surface area contributed by atoms with Gasteiger partial charge in [-0.3, -0.25) is 0 Å². The molecule has 0 fully saturated rings. The van der Waals surface area contributed by atoms with Crippen molar-refractivity contribution >= 4 is 11.5 Å². The molecule has 1 aliphatic heterocycles. The van der Waals surface area contributed by atoms with Gasteiger partial charge in [0.25, 0.3) is 0 Å². The van der Waals surface area contributed by atoms with Crippen LogP contribution in [0.1, 0.15) is 17.9 Å². The highest BCUT2D eigenvalue weighted by atomic mass is 16.5. The monoisotopic (exact) mass is 282 g/mol. The molecule has 3 heterocycles. The number of hydrogen-bond donors (Lipinski definition) is 1. The van der Waals surface area contributed by atoms with Gasteiger partial charge in [0.1, 0.15) is 11.6 Å². The van der Waals surface area contributed by atoms with Crippen LogP contribution in [0.5, 0.6) is 5.75 Å². The van der Waals surface area contributed by atoms with Crippen molar-refractivity contribution in [2.24, 2.45) is 0 Å². The number of ether oxygens (including phenoxy) is 1. The molecule has 4 rings (SSSR count). The van der Waals surface area contributed by atoms with Crippen molar-refractivity contribution < 1.29 is 4.74 Å². The largest absolute Gasteiger partial charge is 0.493 e. The van der Waals surface area contributed by atoms with Crippen molar-refractivity contribution in [1.82, 2.24) is 25.3 Å². The number of nitrogens with one attached hydrogen (secondary N) is 1. The third kappa shape index (κ3) is 2.26. The van der Waals surface area contributed by atoms with E-state index >= 15 is 0 Å². The average Bonchev–Trinajstić information content (AvgIpc) is 3.00. The second-order valence-electron chi connectivity index (χ2n) is 5.00. The van der Waals surface area contributed by atoms with Gasteiger partial charge in [-0.05, 0) is 40.6 Å². The van der Waals surface area contributed by atoms with Crippen LogP contribution in [0.3, 0.4) is 0 Å². The Morgan fingerprint density at radius 1 is 1.24 bits per heavy atom. The first-order chi connectivity index (χ1) is 10.4. The molecule has 1 atom stereocenters. The number of nitrogens with zero attached hydrogens (tertiary/aromatic N) is 5. The third-order valence-corrected chi connectivity index (χ3v) is 3.68. The minimum absolute atomic E-state index is 0.418. The number of anilines is 1. The van der Waals surface area contributed by atoms with Gasteiger partial charge in [0.2, 0.25) is 0 Å². The van der Waals surface area contributed by atoms with Gasteiger partial charge in [0.05, 0.1) is 6.61 Å². The normalized spacial score (nSPS) is 17.2. The van der Waals surface area contributed by atoms with Crippen LogP contribution in [0.4, 0.5) is 5.82 Å². The van der Waals surface area contributed by atoms with Gasteiger partial charge in [-0.15, -0.1) is 14.8 Å². The Morgan fingerprint density at radius 3 is 3.19 bits per heavy atom. The lowest BCUT2D eigenvalue weighted by Crippen LogP contribution is -2.21. The molecule has 0 spiro atoms. The van der Waals surface area contributed by atoms with E-state index in [1.807, 2.05) is 30.3 Å². The Bertz CT molecular complexity index is 771. The van der Waals surface area contributed by atoms with E-state index in [1.54, 1.807) is 0 Å². The first-order valence-corrected chi connectivity index (χ1v) is 6.91. The second-order valence-corrected chi connectivity index (χ2v) is 5.00. The van der Waals surface area contributed by atoms with Crippen LogP contribution in [0.15, 0.2) is 36.4 Å². The molecular formula is C14H14N6O. The van der Waals surface area contributed by atoms with Gasteiger partial charge in [-0.2, -0.15) is 0 Å². The van der Waals surface area contributed by atoms with Gasteiger partial charge in [0, 0.05) is 12.5 Å². The zero-order valence-electron chi connectivity index (χ0n) is 11.3. The van der Waals surface area contributed by atoms with E-state index in [0.29, 0.717) is 11.6 Å². The maximum Gasteiger partial charge on any atom is 0.200 e. The fourth-order valence-electron chi connectivity index (χ4n) is 2.60. The van der Waals surface area contributed by atoms with E-state index in [0.717, 1.165) is 31.1 Å². The summed E-state index contributed by atoms with van der Waals surface area (Å²) in [6, 6.07) is 11.9. The van der Waals surface area contributed by atoms with Crippen molar-refractivity contribution in [3.05, 3.63) is 42.0 Å². The van der Waals surface area contributed by atoms with E-state index < -0.39 is 0 Å². The lowest BCUT2D eigenvalue weighted by atomic mass is 9.93. The predicted octanol–water partition coefficient (Wildman–Crippen LogP) is 1.50. The summed E-state index contributed by atoms with van der Waals surface area (Å²) in [7, 11) is 0. The standard InChI is InChI=1S/C14H14N6O/c1-2-4-12-11(3-1)10(7-8-21-12)9-15-13-5-6-14-16-18-19-20(14)17-13/h1-6,10H,7-9H2,(H,15,17). The van der Waals surface area contributed by atoms with Crippen LogP contribution in [0, 0.1) is 0 Å². The summed E-state index contributed by atoms with van der Waals surface area (Å²) in [6.45, 7) is 1.56. The van der Waals surface area contributed by atoms with E-state index in [-0.39, 0.29) is 0 Å². The third-order valence-electron chi connectivity index (χ3n) is 3.68. The van der Waals surface area contributed by atoms with Crippen LogP contribution in [-0.2, 0) is 0 Å². The van der Waals surface area contributed by atoms with E-state index in [4.69, 9.17) is 4.74 Å². The van der Waals surface area contributed by atoms with Crippen molar-refractivity contribution in [2.75, 3.05) is 18.5 Å². The molecule has 2 aromatic heterocycles. The Kier molecular flexibility index (Phi) is 2.88. The maximum absolute atomic E-state index is 5.68. The fourth-order valence-corrected chi connectivity index (χ4v) is 2.60. The molecule has 0 saturated carbocycles. The number of aromatic nitrogens is 5. The van der Waals surface area contributed by atoms with Crippen LogP contribution >= 0.6 is 0 Å². The first kappa shape index (κ1) is 12.1. The van der Waals surface area contributed by atoms with Crippen LogP contribution < -0.4 is 10.1 Å². The molecule has 1 N–H and O–H groups in total. The summed E-state index contributed by atoms with van der Waals surface area (Å²) < 4.78 is 7.10. The Labute approximate surface area is 120 Å². The van der Waals surface area contributed by atoms with Gasteiger partial charge in [0.15, 0.2) is 5.65 Å². The molecule has 7 heteroatoms. The lowest BCUT2D eigenvalue weighted by Gasteiger charge is -2.26. The minimum atomic E-state index is 0.418. The van der Waals surface area contributed by atoms with E-state index in [1.165, 1.54) is 10.2 Å². The van der Waals surface area contributed by atoms with Crippen molar-refractivity contribution in [3.63, 3.8) is 0 Å². The summed E-state index contributed by atoms with van der Waals surface area (Å²) >= 11 is 0.